The Kier molecular flexibility index (Phi) is 12.8. The van der Waals surface area contributed by atoms with E-state index in [1.165, 1.54) is 34.5 Å². The molecule has 3 aromatic rings. The number of urea groups is 1. The summed E-state index contributed by atoms with van der Waals surface area (Å²) in [6.07, 6.45) is -1.09. The molecule has 4 rings (SSSR count). The van der Waals surface area contributed by atoms with Crippen LogP contribution in [-0.2, 0) is 27.8 Å². The fourth-order valence-electron chi connectivity index (χ4n) is 5.90. The lowest BCUT2D eigenvalue weighted by molar-refractivity contribution is -0.380. The summed E-state index contributed by atoms with van der Waals surface area (Å²) in [7, 11) is -2.53. The number of carbonyl (C=O) groups excluding carboxylic acids is 2. The number of rotatable bonds is 17. The third kappa shape index (κ3) is 9.56. The van der Waals surface area contributed by atoms with Gasteiger partial charge in [-0.15, -0.1) is 0 Å². The molecule has 1 aliphatic heterocycles. The Morgan fingerprint density at radius 3 is 2.31 bits per heavy atom. The average molecular weight is 716 g/mol. The fourth-order valence-corrected chi connectivity index (χ4v) is 8.24. The van der Waals surface area contributed by atoms with Crippen LogP contribution in [0.3, 0.4) is 0 Å². The maximum atomic E-state index is 14.1. The van der Waals surface area contributed by atoms with Gasteiger partial charge in [0.2, 0.25) is 15.9 Å². The molecule has 3 atom stereocenters. The summed E-state index contributed by atoms with van der Waals surface area (Å²) >= 11 is 0.993. The normalized spacial score (nSPS) is 15.6. The van der Waals surface area contributed by atoms with Crippen LogP contribution in [0.5, 0.6) is 5.75 Å². The van der Waals surface area contributed by atoms with E-state index in [1.54, 1.807) is 22.4 Å². The lowest BCUT2D eigenvalue weighted by Gasteiger charge is -2.34. The third-order valence-corrected chi connectivity index (χ3v) is 11.1. The molecule has 0 aliphatic carbocycles. The molecule has 2 aromatic carbocycles. The summed E-state index contributed by atoms with van der Waals surface area (Å²) in [5.74, 6) is -0.315. The topological polar surface area (TPSA) is 163 Å². The minimum atomic E-state index is -4.03. The number of aliphatic hydroxyl groups is 1. The van der Waals surface area contributed by atoms with Crippen LogP contribution < -0.4 is 10.1 Å². The smallest absolute Gasteiger partial charge is 0.324 e. The molecule has 2 N–H and O–H groups in total. The van der Waals surface area contributed by atoms with E-state index in [-0.39, 0.29) is 60.4 Å². The van der Waals surface area contributed by atoms with Gasteiger partial charge >= 0.3 is 11.0 Å². The van der Waals surface area contributed by atoms with Crippen LogP contribution in [-0.4, -0.2) is 96.0 Å². The van der Waals surface area contributed by atoms with E-state index in [0.29, 0.717) is 17.9 Å². The van der Waals surface area contributed by atoms with Crippen molar-refractivity contribution in [1.82, 2.24) is 19.4 Å². The Labute approximate surface area is 291 Å². The van der Waals surface area contributed by atoms with Gasteiger partial charge in [-0.05, 0) is 53.6 Å². The number of ether oxygens (including phenoxy) is 1. The Morgan fingerprint density at radius 2 is 1.73 bits per heavy atom. The monoisotopic (exact) mass is 715 g/mol. The number of nitrogens with one attached hydrogen (secondary N) is 1. The first-order chi connectivity index (χ1) is 23.2. The van der Waals surface area contributed by atoms with E-state index < -0.39 is 39.0 Å². The van der Waals surface area contributed by atoms with Crippen LogP contribution in [0.1, 0.15) is 38.8 Å². The van der Waals surface area contributed by atoms with Crippen molar-refractivity contribution < 1.29 is 32.8 Å². The summed E-state index contributed by atoms with van der Waals surface area (Å²) in [5, 5.41) is 27.4. The van der Waals surface area contributed by atoms with Crippen LogP contribution in [0.25, 0.3) is 0 Å². The van der Waals surface area contributed by atoms with Crippen molar-refractivity contribution in [2.45, 2.75) is 63.7 Å². The van der Waals surface area contributed by atoms with Gasteiger partial charge in [-0.25, -0.2) is 13.2 Å². The van der Waals surface area contributed by atoms with Gasteiger partial charge in [0, 0.05) is 44.2 Å². The van der Waals surface area contributed by atoms with E-state index in [9.17, 15) is 33.2 Å². The third-order valence-electron chi connectivity index (χ3n) is 8.30. The van der Waals surface area contributed by atoms with Gasteiger partial charge in [0.15, 0.2) is 0 Å². The maximum Gasteiger partial charge on any atom is 0.324 e. The molecule has 49 heavy (non-hydrogen) atoms. The first kappa shape index (κ1) is 37.8. The minimum Gasteiger partial charge on any atom is -0.497 e. The Hall–Kier alpha value is -4.05. The van der Waals surface area contributed by atoms with Crippen LogP contribution in [0, 0.1) is 22.0 Å². The second-order valence-corrected chi connectivity index (χ2v) is 15.7. The van der Waals surface area contributed by atoms with Crippen molar-refractivity contribution in [3.63, 3.8) is 0 Å². The molecule has 1 unspecified atom stereocenters. The van der Waals surface area contributed by atoms with Crippen molar-refractivity contribution in [3.05, 3.63) is 87.3 Å². The molecule has 3 amide bonds. The highest BCUT2D eigenvalue weighted by Crippen LogP contribution is 2.27. The number of benzene rings is 2. The minimum absolute atomic E-state index is 0.00953. The molecule has 1 aliphatic rings. The fraction of sp³-hybridized carbons (Fsp3) is 0.471. The summed E-state index contributed by atoms with van der Waals surface area (Å²) in [4.78, 5) is 41.4. The van der Waals surface area contributed by atoms with Gasteiger partial charge < -0.3 is 25.0 Å². The molecular formula is C34H45N5O8S2. The molecule has 1 saturated heterocycles. The number of amides is 3. The number of methoxy groups -OCH3 is 1. The van der Waals surface area contributed by atoms with Gasteiger partial charge in [0.25, 0.3) is 0 Å². The number of hydrogen-bond donors (Lipinski definition) is 2. The first-order valence-electron chi connectivity index (χ1n) is 16.1. The van der Waals surface area contributed by atoms with Crippen molar-refractivity contribution >= 4 is 38.3 Å². The molecule has 0 spiro atoms. The number of thiophene rings is 1. The van der Waals surface area contributed by atoms with Crippen molar-refractivity contribution in [3.8, 4) is 5.75 Å². The number of aliphatic hydroxyl groups excluding tert-OH is 1. The van der Waals surface area contributed by atoms with Gasteiger partial charge in [0.05, 0.1) is 29.1 Å². The van der Waals surface area contributed by atoms with Crippen molar-refractivity contribution in [2.24, 2.45) is 11.8 Å². The summed E-state index contributed by atoms with van der Waals surface area (Å²) in [5.41, 5.74) is 1.47. The predicted molar refractivity (Wildman–Crippen MR) is 187 cm³/mol. The lowest BCUT2D eigenvalue weighted by atomic mass is 9.97. The second-order valence-electron chi connectivity index (χ2n) is 12.9. The summed E-state index contributed by atoms with van der Waals surface area (Å²) in [6, 6.07) is 14.6. The molecule has 1 fully saturated rings. The maximum absolute atomic E-state index is 14.1. The number of nitrogens with zero attached hydrogens (tertiary/aromatic N) is 4. The quantitative estimate of drug-likeness (QED) is 0.154. The highest BCUT2D eigenvalue weighted by molar-refractivity contribution is 7.89. The number of nitro groups is 1. The molecular weight excluding hydrogens is 671 g/mol. The zero-order valence-corrected chi connectivity index (χ0v) is 30.0. The highest BCUT2D eigenvalue weighted by atomic mass is 32.2. The molecule has 13 nitrogen and oxygen atoms in total. The van der Waals surface area contributed by atoms with E-state index in [4.69, 9.17) is 4.74 Å². The molecule has 1 aromatic heterocycles. The molecule has 15 heteroatoms. The molecule has 266 valence electrons. The number of hydrogen-bond acceptors (Lipinski definition) is 9. The van der Waals surface area contributed by atoms with Crippen molar-refractivity contribution in [2.75, 3.05) is 33.3 Å². The van der Waals surface area contributed by atoms with Gasteiger partial charge in [-0.2, -0.15) is 4.31 Å². The average Bonchev–Trinajstić information content (AvgIpc) is 3.67. The zero-order chi connectivity index (χ0) is 35.9. The zero-order valence-electron chi connectivity index (χ0n) is 28.4. The predicted octanol–water partition coefficient (Wildman–Crippen LogP) is 4.36. The van der Waals surface area contributed by atoms with E-state index >= 15 is 0 Å². The second kappa shape index (κ2) is 16.6. The van der Waals surface area contributed by atoms with Gasteiger partial charge in [-0.1, -0.05) is 69.4 Å². The van der Waals surface area contributed by atoms with Crippen molar-refractivity contribution in [1.29, 1.82) is 0 Å². The number of sulfonamides is 1. The molecule has 0 bridgehead atoms. The molecule has 0 saturated carbocycles. The highest BCUT2D eigenvalue weighted by Gasteiger charge is 2.40. The Bertz CT molecular complexity index is 1680. The standard InChI is InChI=1S/C34H45N5O8S2/c1-23(2)19-37(49(45,46)28-13-11-27(47-5)12-14-28)21-30(40)29(17-25-9-7-6-8-10-25)35-33(41)32(24(3)4)38-16-15-36(34(38)42)20-26-18-31(39(43)44)48-22-26/h6-14,18,22-24,29-30,32,40H,15-17,19-21H2,1-5H3,(H,35,41)/t29-,30+,32?/m0/s1. The van der Waals surface area contributed by atoms with Gasteiger partial charge in [0.1, 0.15) is 11.8 Å². The Morgan fingerprint density at radius 1 is 1.06 bits per heavy atom. The van der Waals surface area contributed by atoms with E-state index in [0.717, 1.165) is 16.9 Å². The van der Waals surface area contributed by atoms with Crippen LogP contribution in [0.15, 0.2) is 70.9 Å². The lowest BCUT2D eigenvalue weighted by Crippen LogP contribution is -2.57. The van der Waals surface area contributed by atoms with Crippen LogP contribution in [0.4, 0.5) is 9.80 Å². The summed E-state index contributed by atoms with van der Waals surface area (Å²) in [6.45, 7) is 8.07. The van der Waals surface area contributed by atoms with E-state index in [1.807, 2.05) is 58.0 Å². The van der Waals surface area contributed by atoms with Gasteiger partial charge in [-0.3, -0.25) is 14.9 Å². The van der Waals surface area contributed by atoms with Crippen LogP contribution >= 0.6 is 11.3 Å². The molecule has 2 heterocycles. The first-order valence-corrected chi connectivity index (χ1v) is 18.5. The summed E-state index contributed by atoms with van der Waals surface area (Å²) < 4.78 is 34.1. The SMILES string of the molecule is COc1ccc(S(=O)(=O)N(CC(C)C)C[C@@H](O)[C@H](Cc2ccccc2)NC(=O)C(C(C)C)N2CCN(Cc3csc([N+](=O)[O-])c3)C2=O)cc1. The largest absolute Gasteiger partial charge is 0.497 e. The number of carbonyl (C=O) groups is 2. The van der Waals surface area contributed by atoms with Crippen LogP contribution in [0.2, 0.25) is 0 Å². The molecule has 0 radical (unpaired) electrons. The Balaban J connectivity index is 1.56. The van der Waals surface area contributed by atoms with E-state index in [2.05, 4.69) is 5.32 Å².